The van der Waals surface area contributed by atoms with Crippen LogP contribution in [0.4, 0.5) is 0 Å². The predicted molar refractivity (Wildman–Crippen MR) is 81.0 cm³/mol. The number of benzene rings is 1. The van der Waals surface area contributed by atoms with Crippen molar-refractivity contribution in [3.63, 3.8) is 0 Å². The zero-order valence-corrected chi connectivity index (χ0v) is 12.8. The molecule has 1 unspecified atom stereocenters. The van der Waals surface area contributed by atoms with Crippen molar-refractivity contribution in [3.05, 3.63) is 34.9 Å². The summed E-state index contributed by atoms with van der Waals surface area (Å²) in [6.07, 6.45) is 2.06. The number of carbonyl (C=O) groups is 1. The zero-order chi connectivity index (χ0) is 14.5. The first-order valence-corrected chi connectivity index (χ1v) is 7.55. The minimum absolute atomic E-state index is 0.158. The van der Waals surface area contributed by atoms with Crippen LogP contribution >= 0.6 is 0 Å². The molecule has 20 heavy (non-hydrogen) atoms. The second kappa shape index (κ2) is 6.89. The molecule has 1 amide bonds. The number of hydrogen-bond acceptors (Lipinski definition) is 2. The molecule has 1 heterocycles. The van der Waals surface area contributed by atoms with Crippen molar-refractivity contribution in [1.82, 2.24) is 4.90 Å². The maximum atomic E-state index is 12.7. The average Bonchev–Trinajstić information content (AvgIpc) is 2.89. The van der Waals surface area contributed by atoms with Crippen molar-refractivity contribution in [1.29, 1.82) is 0 Å². The molecule has 3 nitrogen and oxygen atoms in total. The van der Waals surface area contributed by atoms with Gasteiger partial charge in [0.1, 0.15) is 0 Å². The fraction of sp³-hybridized carbons (Fsp3) is 0.588. The normalized spacial score (nSPS) is 18.2. The summed E-state index contributed by atoms with van der Waals surface area (Å²) in [4.78, 5) is 14.7. The molecule has 1 fully saturated rings. The third-order valence-electron chi connectivity index (χ3n) is 3.75. The Hall–Kier alpha value is -1.35. The molecule has 0 aromatic heterocycles. The van der Waals surface area contributed by atoms with Crippen molar-refractivity contribution in [2.75, 3.05) is 26.3 Å². The fourth-order valence-electron chi connectivity index (χ4n) is 2.87. The first-order valence-electron chi connectivity index (χ1n) is 7.55. The van der Waals surface area contributed by atoms with E-state index in [0.717, 1.165) is 55.8 Å². The van der Waals surface area contributed by atoms with E-state index in [1.165, 1.54) is 0 Å². The highest BCUT2D eigenvalue weighted by atomic mass is 16.5. The minimum atomic E-state index is 0.158. The molecule has 1 saturated heterocycles. The summed E-state index contributed by atoms with van der Waals surface area (Å²) < 4.78 is 5.42. The summed E-state index contributed by atoms with van der Waals surface area (Å²) in [5.41, 5.74) is 3.11. The standard InChI is InChI=1S/C17H25NO2/c1-4-6-18(11-15-5-7-20-12-15)17(19)16-9-13(2)8-14(3)10-16/h8-10,15H,4-7,11-12H2,1-3H3. The third kappa shape index (κ3) is 3.83. The van der Waals surface area contributed by atoms with Crippen LogP contribution in [-0.4, -0.2) is 37.1 Å². The molecule has 0 aliphatic carbocycles. The van der Waals surface area contributed by atoms with Gasteiger partial charge in [-0.05, 0) is 38.8 Å². The first-order chi connectivity index (χ1) is 9.60. The van der Waals surface area contributed by atoms with Crippen LogP contribution in [0, 0.1) is 19.8 Å². The first kappa shape index (κ1) is 15.0. The van der Waals surface area contributed by atoms with Gasteiger partial charge in [0.25, 0.3) is 5.91 Å². The second-order valence-corrected chi connectivity index (χ2v) is 5.86. The van der Waals surface area contributed by atoms with E-state index in [9.17, 15) is 4.79 Å². The van der Waals surface area contributed by atoms with Gasteiger partial charge >= 0.3 is 0 Å². The van der Waals surface area contributed by atoms with E-state index >= 15 is 0 Å². The van der Waals surface area contributed by atoms with Crippen LogP contribution in [0.5, 0.6) is 0 Å². The van der Waals surface area contributed by atoms with E-state index in [1.54, 1.807) is 0 Å². The van der Waals surface area contributed by atoms with Crippen LogP contribution in [0.25, 0.3) is 0 Å². The van der Waals surface area contributed by atoms with Crippen molar-refractivity contribution < 1.29 is 9.53 Å². The lowest BCUT2D eigenvalue weighted by Crippen LogP contribution is -2.36. The van der Waals surface area contributed by atoms with Gasteiger partial charge in [0, 0.05) is 31.2 Å². The van der Waals surface area contributed by atoms with E-state index in [2.05, 4.69) is 13.0 Å². The Morgan fingerprint density at radius 3 is 2.55 bits per heavy atom. The van der Waals surface area contributed by atoms with Gasteiger partial charge in [0.15, 0.2) is 0 Å². The molecule has 110 valence electrons. The monoisotopic (exact) mass is 275 g/mol. The largest absolute Gasteiger partial charge is 0.381 e. The Morgan fingerprint density at radius 2 is 2.00 bits per heavy atom. The molecule has 3 heteroatoms. The maximum Gasteiger partial charge on any atom is 0.253 e. The highest BCUT2D eigenvalue weighted by Crippen LogP contribution is 2.17. The smallest absolute Gasteiger partial charge is 0.253 e. The highest BCUT2D eigenvalue weighted by molar-refractivity contribution is 5.94. The Labute approximate surface area is 121 Å². The van der Waals surface area contributed by atoms with E-state index in [4.69, 9.17) is 4.74 Å². The van der Waals surface area contributed by atoms with Gasteiger partial charge in [0.2, 0.25) is 0 Å². The molecule has 2 rings (SSSR count). The Bertz CT molecular complexity index is 444. The topological polar surface area (TPSA) is 29.5 Å². The molecule has 1 aliphatic heterocycles. The van der Waals surface area contributed by atoms with Gasteiger partial charge in [-0.15, -0.1) is 0 Å². The van der Waals surface area contributed by atoms with Gasteiger partial charge in [-0.25, -0.2) is 0 Å². The summed E-state index contributed by atoms with van der Waals surface area (Å²) in [6, 6.07) is 6.08. The van der Waals surface area contributed by atoms with Gasteiger partial charge in [-0.3, -0.25) is 4.79 Å². The number of carbonyl (C=O) groups excluding carboxylic acids is 1. The van der Waals surface area contributed by atoms with Crippen LogP contribution in [0.1, 0.15) is 41.3 Å². The molecule has 0 saturated carbocycles. The van der Waals surface area contributed by atoms with Gasteiger partial charge in [-0.2, -0.15) is 0 Å². The Balaban J connectivity index is 2.12. The number of aryl methyl sites for hydroxylation is 2. The third-order valence-corrected chi connectivity index (χ3v) is 3.75. The van der Waals surface area contributed by atoms with Gasteiger partial charge in [-0.1, -0.05) is 24.1 Å². The van der Waals surface area contributed by atoms with E-state index in [-0.39, 0.29) is 5.91 Å². The van der Waals surface area contributed by atoms with Crippen LogP contribution in [0.2, 0.25) is 0 Å². The number of rotatable bonds is 5. The van der Waals surface area contributed by atoms with Crippen molar-refractivity contribution in [2.24, 2.45) is 5.92 Å². The van der Waals surface area contributed by atoms with E-state index in [0.29, 0.717) is 5.92 Å². The van der Waals surface area contributed by atoms with Crippen LogP contribution < -0.4 is 0 Å². The predicted octanol–water partition coefficient (Wildman–Crippen LogP) is 3.19. The minimum Gasteiger partial charge on any atom is -0.381 e. The molecule has 0 bridgehead atoms. The number of hydrogen-bond donors (Lipinski definition) is 0. The summed E-state index contributed by atoms with van der Waals surface area (Å²) in [7, 11) is 0. The molecular weight excluding hydrogens is 250 g/mol. The molecule has 1 aromatic rings. The SMILES string of the molecule is CCCN(CC1CCOC1)C(=O)c1cc(C)cc(C)c1. The number of amides is 1. The Kier molecular flexibility index (Phi) is 5.18. The van der Waals surface area contributed by atoms with Crippen LogP contribution in [-0.2, 0) is 4.74 Å². The van der Waals surface area contributed by atoms with E-state index in [1.807, 2.05) is 30.9 Å². The van der Waals surface area contributed by atoms with Crippen LogP contribution in [0.15, 0.2) is 18.2 Å². The number of ether oxygens (including phenoxy) is 1. The fourth-order valence-corrected chi connectivity index (χ4v) is 2.87. The van der Waals surface area contributed by atoms with Crippen molar-refractivity contribution in [2.45, 2.75) is 33.6 Å². The maximum absolute atomic E-state index is 12.7. The Morgan fingerprint density at radius 1 is 1.30 bits per heavy atom. The van der Waals surface area contributed by atoms with Crippen molar-refractivity contribution >= 4 is 5.91 Å². The van der Waals surface area contributed by atoms with Crippen molar-refractivity contribution in [3.8, 4) is 0 Å². The molecule has 1 aliphatic rings. The molecule has 0 radical (unpaired) electrons. The summed E-state index contributed by atoms with van der Waals surface area (Å²) in [5, 5.41) is 0. The molecular formula is C17H25NO2. The lowest BCUT2D eigenvalue weighted by molar-refractivity contribution is 0.0720. The molecule has 1 aromatic carbocycles. The average molecular weight is 275 g/mol. The second-order valence-electron chi connectivity index (χ2n) is 5.86. The molecule has 0 spiro atoms. The van der Waals surface area contributed by atoms with Gasteiger partial charge < -0.3 is 9.64 Å². The summed E-state index contributed by atoms with van der Waals surface area (Å²) >= 11 is 0. The van der Waals surface area contributed by atoms with E-state index < -0.39 is 0 Å². The number of nitrogens with zero attached hydrogens (tertiary/aromatic N) is 1. The summed E-state index contributed by atoms with van der Waals surface area (Å²) in [5.74, 6) is 0.655. The molecule has 0 N–H and O–H groups in total. The molecule has 1 atom stereocenters. The van der Waals surface area contributed by atoms with Gasteiger partial charge in [0.05, 0.1) is 6.61 Å². The van der Waals surface area contributed by atoms with Crippen LogP contribution in [0.3, 0.4) is 0 Å². The summed E-state index contributed by atoms with van der Waals surface area (Å²) in [6.45, 7) is 9.47. The quantitative estimate of drug-likeness (QED) is 0.826. The zero-order valence-electron chi connectivity index (χ0n) is 12.8. The lowest BCUT2D eigenvalue weighted by Gasteiger charge is -2.25. The highest BCUT2D eigenvalue weighted by Gasteiger charge is 2.23. The lowest BCUT2D eigenvalue weighted by atomic mass is 10.0.